The summed E-state index contributed by atoms with van der Waals surface area (Å²) >= 11 is 0. The maximum absolute atomic E-state index is 13.6. The van der Waals surface area contributed by atoms with Crippen LogP contribution >= 0.6 is 0 Å². The third-order valence-electron chi connectivity index (χ3n) is 5.93. The molecule has 1 atom stereocenters. The first-order chi connectivity index (χ1) is 14.1. The summed E-state index contributed by atoms with van der Waals surface area (Å²) in [5, 5.41) is 2.90. The van der Waals surface area contributed by atoms with Crippen molar-refractivity contribution in [1.29, 1.82) is 0 Å². The van der Waals surface area contributed by atoms with Gasteiger partial charge in [0, 0.05) is 31.2 Å². The van der Waals surface area contributed by atoms with E-state index >= 15 is 0 Å². The molecular weight excluding hydrogens is 369 g/mol. The Hall–Kier alpha value is -2.89. The summed E-state index contributed by atoms with van der Waals surface area (Å²) in [6.45, 7) is 1.84. The van der Waals surface area contributed by atoms with Gasteiger partial charge in [0.15, 0.2) is 0 Å². The highest BCUT2D eigenvalue weighted by Gasteiger charge is 2.36. The number of urea groups is 1. The van der Waals surface area contributed by atoms with E-state index in [0.29, 0.717) is 32.5 Å². The molecule has 0 bridgehead atoms. The van der Waals surface area contributed by atoms with Crippen molar-refractivity contribution in [2.24, 2.45) is 5.92 Å². The normalized spacial score (nSPS) is 20.0. The summed E-state index contributed by atoms with van der Waals surface area (Å²) in [4.78, 5) is 29.3. The molecule has 3 amide bonds. The standard InChI is InChI=1S/C23H26FN3O2/c24-19-7-4-6-18(16-19)21-10-5-13-27(21)22(28)17-11-14-26(15-12-17)23(29)25-20-8-2-1-3-9-20/h1-4,6-9,16-17,21H,5,10-15H2,(H,25,29). The van der Waals surface area contributed by atoms with Gasteiger partial charge in [-0.3, -0.25) is 4.79 Å². The van der Waals surface area contributed by atoms with Crippen molar-refractivity contribution in [2.45, 2.75) is 31.7 Å². The Balaban J connectivity index is 1.34. The fourth-order valence-electron chi connectivity index (χ4n) is 4.38. The molecule has 0 saturated carbocycles. The second-order valence-corrected chi connectivity index (χ2v) is 7.80. The second kappa shape index (κ2) is 8.64. The van der Waals surface area contributed by atoms with Crippen LogP contribution in [0, 0.1) is 11.7 Å². The highest BCUT2D eigenvalue weighted by molar-refractivity contribution is 5.89. The van der Waals surface area contributed by atoms with E-state index in [9.17, 15) is 14.0 Å². The van der Waals surface area contributed by atoms with Gasteiger partial charge in [0.2, 0.25) is 5.91 Å². The predicted octanol–water partition coefficient (Wildman–Crippen LogP) is 4.43. The van der Waals surface area contributed by atoms with Crippen LogP contribution in [0.1, 0.15) is 37.3 Å². The van der Waals surface area contributed by atoms with Gasteiger partial charge in [-0.25, -0.2) is 9.18 Å². The van der Waals surface area contributed by atoms with E-state index in [4.69, 9.17) is 0 Å². The molecule has 2 heterocycles. The summed E-state index contributed by atoms with van der Waals surface area (Å²) in [7, 11) is 0. The minimum atomic E-state index is -0.264. The number of piperidine rings is 1. The molecule has 5 nitrogen and oxygen atoms in total. The smallest absolute Gasteiger partial charge is 0.321 e. The number of para-hydroxylation sites is 1. The number of likely N-dealkylation sites (tertiary alicyclic amines) is 2. The van der Waals surface area contributed by atoms with Crippen molar-refractivity contribution < 1.29 is 14.0 Å². The van der Waals surface area contributed by atoms with E-state index in [0.717, 1.165) is 24.1 Å². The van der Waals surface area contributed by atoms with E-state index in [1.54, 1.807) is 11.0 Å². The summed E-state index contributed by atoms with van der Waals surface area (Å²) in [6.07, 6.45) is 3.12. The van der Waals surface area contributed by atoms with Crippen LogP contribution in [0.3, 0.4) is 0 Å². The number of carbonyl (C=O) groups excluding carboxylic acids is 2. The zero-order valence-corrected chi connectivity index (χ0v) is 16.4. The molecule has 4 rings (SSSR count). The van der Waals surface area contributed by atoms with E-state index in [1.165, 1.54) is 12.1 Å². The van der Waals surface area contributed by atoms with Crippen molar-refractivity contribution in [1.82, 2.24) is 9.80 Å². The van der Waals surface area contributed by atoms with Gasteiger partial charge in [0.1, 0.15) is 5.82 Å². The van der Waals surface area contributed by atoms with Crippen LogP contribution in [0.4, 0.5) is 14.9 Å². The SMILES string of the molecule is O=C(Nc1ccccc1)N1CCC(C(=O)N2CCCC2c2cccc(F)c2)CC1. The van der Waals surface area contributed by atoms with Crippen LogP contribution in [0.25, 0.3) is 0 Å². The molecule has 0 radical (unpaired) electrons. The lowest BCUT2D eigenvalue weighted by Crippen LogP contribution is -2.45. The second-order valence-electron chi connectivity index (χ2n) is 7.80. The number of benzene rings is 2. The molecule has 0 spiro atoms. The first kappa shape index (κ1) is 19.4. The monoisotopic (exact) mass is 395 g/mol. The largest absolute Gasteiger partial charge is 0.335 e. The first-order valence-corrected chi connectivity index (χ1v) is 10.3. The fourth-order valence-corrected chi connectivity index (χ4v) is 4.38. The maximum Gasteiger partial charge on any atom is 0.321 e. The average Bonchev–Trinajstić information content (AvgIpc) is 3.24. The van der Waals surface area contributed by atoms with E-state index in [2.05, 4.69) is 5.32 Å². The molecule has 2 aromatic rings. The van der Waals surface area contributed by atoms with Crippen molar-refractivity contribution in [3.8, 4) is 0 Å². The third-order valence-corrected chi connectivity index (χ3v) is 5.93. The molecule has 2 saturated heterocycles. The Morgan fingerprint density at radius 3 is 2.41 bits per heavy atom. The van der Waals surface area contributed by atoms with Gasteiger partial charge < -0.3 is 15.1 Å². The zero-order chi connectivity index (χ0) is 20.2. The van der Waals surface area contributed by atoms with Crippen molar-refractivity contribution in [2.75, 3.05) is 25.0 Å². The number of rotatable bonds is 3. The Kier molecular flexibility index (Phi) is 5.79. The number of amides is 3. The summed E-state index contributed by atoms with van der Waals surface area (Å²) in [5.74, 6) is -0.204. The average molecular weight is 395 g/mol. The molecule has 29 heavy (non-hydrogen) atoms. The van der Waals surface area contributed by atoms with Crippen molar-refractivity contribution in [3.63, 3.8) is 0 Å². The number of halogens is 1. The number of hydrogen-bond acceptors (Lipinski definition) is 2. The Morgan fingerprint density at radius 2 is 1.69 bits per heavy atom. The fraction of sp³-hybridized carbons (Fsp3) is 0.391. The third kappa shape index (κ3) is 4.42. The van der Waals surface area contributed by atoms with E-state index < -0.39 is 0 Å². The molecule has 2 fully saturated rings. The molecule has 1 N–H and O–H groups in total. The van der Waals surface area contributed by atoms with Gasteiger partial charge >= 0.3 is 6.03 Å². The van der Waals surface area contributed by atoms with E-state index in [-0.39, 0.29) is 29.7 Å². The first-order valence-electron chi connectivity index (χ1n) is 10.3. The van der Waals surface area contributed by atoms with Crippen molar-refractivity contribution >= 4 is 17.6 Å². The molecule has 0 aliphatic carbocycles. The van der Waals surface area contributed by atoms with Crippen LogP contribution < -0.4 is 5.32 Å². The van der Waals surface area contributed by atoms with Crippen LogP contribution in [0.5, 0.6) is 0 Å². The van der Waals surface area contributed by atoms with Gasteiger partial charge in [-0.2, -0.15) is 0 Å². The van der Waals surface area contributed by atoms with Gasteiger partial charge in [-0.1, -0.05) is 30.3 Å². The molecule has 152 valence electrons. The molecule has 0 aromatic heterocycles. The predicted molar refractivity (Wildman–Crippen MR) is 110 cm³/mol. The summed E-state index contributed by atoms with van der Waals surface area (Å²) in [5.41, 5.74) is 1.64. The quantitative estimate of drug-likeness (QED) is 0.836. The number of anilines is 1. The van der Waals surface area contributed by atoms with Crippen LogP contribution in [0.2, 0.25) is 0 Å². The molecule has 1 unspecified atom stereocenters. The highest BCUT2D eigenvalue weighted by atomic mass is 19.1. The van der Waals surface area contributed by atoms with Gasteiger partial charge in [-0.15, -0.1) is 0 Å². The topological polar surface area (TPSA) is 52.7 Å². The Labute approximate surface area is 170 Å². The minimum Gasteiger partial charge on any atom is -0.335 e. The zero-order valence-electron chi connectivity index (χ0n) is 16.4. The van der Waals surface area contributed by atoms with E-state index in [1.807, 2.05) is 41.3 Å². The molecule has 6 heteroatoms. The maximum atomic E-state index is 13.6. The summed E-state index contributed by atoms with van der Waals surface area (Å²) < 4.78 is 13.6. The van der Waals surface area contributed by atoms with Gasteiger partial charge in [0.05, 0.1) is 6.04 Å². The van der Waals surface area contributed by atoms with Crippen LogP contribution in [-0.2, 0) is 4.79 Å². The summed E-state index contributed by atoms with van der Waals surface area (Å²) in [6, 6.07) is 15.8. The molecule has 2 aliphatic rings. The lowest BCUT2D eigenvalue weighted by molar-refractivity contribution is -0.137. The number of nitrogens with zero attached hydrogens (tertiary/aromatic N) is 2. The highest BCUT2D eigenvalue weighted by Crippen LogP contribution is 2.35. The Morgan fingerprint density at radius 1 is 0.931 bits per heavy atom. The number of carbonyl (C=O) groups is 2. The Bertz CT molecular complexity index is 865. The number of hydrogen-bond donors (Lipinski definition) is 1. The van der Waals surface area contributed by atoms with Crippen molar-refractivity contribution in [3.05, 3.63) is 66.0 Å². The van der Waals surface area contributed by atoms with Gasteiger partial charge in [-0.05, 0) is 55.5 Å². The van der Waals surface area contributed by atoms with Gasteiger partial charge in [0.25, 0.3) is 0 Å². The minimum absolute atomic E-state index is 0.0439. The molecule has 2 aromatic carbocycles. The lowest BCUT2D eigenvalue weighted by Gasteiger charge is -2.35. The van der Waals surface area contributed by atoms with Crippen LogP contribution in [0.15, 0.2) is 54.6 Å². The van der Waals surface area contributed by atoms with Crippen LogP contribution in [-0.4, -0.2) is 41.4 Å². The number of nitrogens with one attached hydrogen (secondary N) is 1. The lowest BCUT2D eigenvalue weighted by atomic mass is 9.94. The molecular formula is C23H26FN3O2. The molecule has 2 aliphatic heterocycles.